The maximum absolute atomic E-state index is 11.9. The summed E-state index contributed by atoms with van der Waals surface area (Å²) in [7, 11) is 0. The average molecular weight is 352 g/mol. The molecule has 3 rings (SSSR count). The van der Waals surface area contributed by atoms with E-state index in [-0.39, 0.29) is 11.5 Å². The number of rotatable bonds is 8. The summed E-state index contributed by atoms with van der Waals surface area (Å²) >= 11 is 0. The molecule has 8 nitrogen and oxygen atoms in total. The highest BCUT2D eigenvalue weighted by atomic mass is 16.1. The fourth-order valence-electron chi connectivity index (χ4n) is 2.53. The number of benzene rings is 1. The van der Waals surface area contributed by atoms with Crippen molar-refractivity contribution in [1.29, 1.82) is 0 Å². The minimum atomic E-state index is -0.229. The highest BCUT2D eigenvalue weighted by Gasteiger charge is 2.05. The van der Waals surface area contributed by atoms with Gasteiger partial charge in [-0.3, -0.25) is 9.59 Å². The molecular weight excluding hydrogens is 332 g/mol. The highest BCUT2D eigenvalue weighted by molar-refractivity contribution is 5.75. The molecule has 0 saturated carbocycles. The molecule has 2 heterocycles. The van der Waals surface area contributed by atoms with E-state index in [0.29, 0.717) is 25.3 Å². The van der Waals surface area contributed by atoms with E-state index in [4.69, 9.17) is 0 Å². The molecule has 0 atom stereocenters. The first-order valence-corrected chi connectivity index (χ1v) is 8.46. The third kappa shape index (κ3) is 4.85. The number of amides is 1. The number of hydrogen-bond donors (Lipinski definition) is 1. The van der Waals surface area contributed by atoms with Gasteiger partial charge in [0.25, 0.3) is 5.56 Å². The highest BCUT2D eigenvalue weighted by Crippen LogP contribution is 2.04. The maximum Gasteiger partial charge on any atom is 0.266 e. The molecule has 2 aromatic heterocycles. The summed E-state index contributed by atoms with van der Waals surface area (Å²) in [6, 6.07) is 13.1. The van der Waals surface area contributed by atoms with Gasteiger partial charge in [0, 0.05) is 19.0 Å². The molecule has 1 amide bonds. The van der Waals surface area contributed by atoms with Crippen LogP contribution in [0, 0.1) is 0 Å². The second-order valence-electron chi connectivity index (χ2n) is 5.78. The van der Waals surface area contributed by atoms with Crippen LogP contribution in [0.5, 0.6) is 0 Å². The first kappa shape index (κ1) is 17.5. The first-order chi connectivity index (χ1) is 12.7. The van der Waals surface area contributed by atoms with Crippen molar-refractivity contribution in [3.05, 3.63) is 71.0 Å². The quantitative estimate of drug-likeness (QED) is 0.652. The van der Waals surface area contributed by atoms with E-state index in [2.05, 4.69) is 32.6 Å². The lowest BCUT2D eigenvalue weighted by molar-refractivity contribution is -0.121. The van der Waals surface area contributed by atoms with Gasteiger partial charge in [-0.25, -0.2) is 14.3 Å². The van der Waals surface area contributed by atoms with Gasteiger partial charge in [-0.15, -0.1) is 5.10 Å². The number of nitrogens with one attached hydrogen (secondary N) is 1. The van der Waals surface area contributed by atoms with Crippen LogP contribution in [-0.2, 0) is 17.8 Å². The van der Waals surface area contributed by atoms with E-state index in [1.54, 1.807) is 6.07 Å². The Labute approximate surface area is 150 Å². The second kappa shape index (κ2) is 8.70. The third-order valence-corrected chi connectivity index (χ3v) is 3.86. The summed E-state index contributed by atoms with van der Waals surface area (Å²) in [4.78, 5) is 27.7. The lowest BCUT2D eigenvalue weighted by Crippen LogP contribution is -2.32. The Morgan fingerprint density at radius 2 is 1.96 bits per heavy atom. The minimum absolute atomic E-state index is 0.0265. The maximum atomic E-state index is 11.9. The van der Waals surface area contributed by atoms with E-state index in [1.807, 2.05) is 18.2 Å². The fraction of sp³-hybridized carbons (Fsp3) is 0.278. The first-order valence-electron chi connectivity index (χ1n) is 8.46. The van der Waals surface area contributed by atoms with Crippen molar-refractivity contribution in [3.63, 3.8) is 0 Å². The molecule has 0 saturated heterocycles. The second-order valence-corrected chi connectivity index (χ2v) is 5.78. The zero-order valence-electron chi connectivity index (χ0n) is 14.3. The molecule has 0 aliphatic rings. The molecule has 0 fully saturated rings. The molecule has 1 N–H and O–H groups in total. The van der Waals surface area contributed by atoms with E-state index in [1.165, 1.54) is 33.6 Å². The molecule has 0 spiro atoms. The summed E-state index contributed by atoms with van der Waals surface area (Å²) in [5.41, 5.74) is 0.994. The molecule has 0 bridgehead atoms. The van der Waals surface area contributed by atoms with Crippen LogP contribution in [0.1, 0.15) is 18.4 Å². The van der Waals surface area contributed by atoms with E-state index in [0.717, 1.165) is 12.8 Å². The van der Waals surface area contributed by atoms with Gasteiger partial charge in [0.1, 0.15) is 12.7 Å². The molecule has 0 aliphatic heterocycles. The van der Waals surface area contributed by atoms with E-state index in [9.17, 15) is 9.59 Å². The summed E-state index contributed by atoms with van der Waals surface area (Å²) < 4.78 is 2.78. The Morgan fingerprint density at radius 1 is 1.12 bits per heavy atom. The lowest BCUT2D eigenvalue weighted by atomic mass is 10.1. The molecule has 0 radical (unpaired) electrons. The molecule has 1 aromatic carbocycles. The van der Waals surface area contributed by atoms with Crippen LogP contribution >= 0.6 is 0 Å². The van der Waals surface area contributed by atoms with Crippen LogP contribution < -0.4 is 10.9 Å². The van der Waals surface area contributed by atoms with Crippen LogP contribution in [0.4, 0.5) is 0 Å². The van der Waals surface area contributed by atoms with Crippen LogP contribution in [-0.4, -0.2) is 37.0 Å². The van der Waals surface area contributed by atoms with Crippen molar-refractivity contribution in [2.45, 2.75) is 25.8 Å². The van der Waals surface area contributed by atoms with Crippen molar-refractivity contribution in [2.75, 3.05) is 6.54 Å². The number of aromatic nitrogens is 5. The normalized spacial score (nSPS) is 10.6. The van der Waals surface area contributed by atoms with Crippen LogP contribution in [0.25, 0.3) is 5.82 Å². The fourth-order valence-corrected chi connectivity index (χ4v) is 2.53. The monoisotopic (exact) mass is 352 g/mol. The SMILES string of the molecule is O=C(CCCc1ccccc1)NCCn1nc(-n2cncn2)ccc1=O. The Bertz CT molecular complexity index is 890. The van der Waals surface area contributed by atoms with Crippen molar-refractivity contribution in [1.82, 2.24) is 29.9 Å². The van der Waals surface area contributed by atoms with Gasteiger partial charge >= 0.3 is 0 Å². The molecule has 3 aromatic rings. The minimum Gasteiger partial charge on any atom is -0.354 e. The predicted octanol–water partition coefficient (Wildman–Crippen LogP) is 0.963. The number of nitrogens with zero attached hydrogens (tertiary/aromatic N) is 5. The number of hydrogen-bond acceptors (Lipinski definition) is 5. The average Bonchev–Trinajstić information content (AvgIpc) is 3.19. The molecule has 134 valence electrons. The Hall–Kier alpha value is -3.29. The predicted molar refractivity (Wildman–Crippen MR) is 95.8 cm³/mol. The van der Waals surface area contributed by atoms with Gasteiger partial charge in [0.05, 0.1) is 6.54 Å². The van der Waals surface area contributed by atoms with E-state index < -0.39 is 0 Å². The Balaban J connectivity index is 1.45. The smallest absolute Gasteiger partial charge is 0.266 e. The van der Waals surface area contributed by atoms with Gasteiger partial charge in [-0.05, 0) is 24.5 Å². The molecule has 26 heavy (non-hydrogen) atoms. The van der Waals surface area contributed by atoms with Crippen molar-refractivity contribution < 1.29 is 4.79 Å². The van der Waals surface area contributed by atoms with Crippen molar-refractivity contribution in [2.24, 2.45) is 0 Å². The largest absolute Gasteiger partial charge is 0.354 e. The number of aryl methyl sites for hydroxylation is 1. The topological polar surface area (TPSA) is 94.7 Å². The van der Waals surface area contributed by atoms with Gasteiger partial charge in [-0.2, -0.15) is 5.10 Å². The molecule has 8 heteroatoms. The van der Waals surface area contributed by atoms with Crippen molar-refractivity contribution in [3.8, 4) is 5.82 Å². The Kier molecular flexibility index (Phi) is 5.87. The van der Waals surface area contributed by atoms with Gasteiger partial charge in [0.2, 0.25) is 5.91 Å². The molecule has 0 aliphatic carbocycles. The molecule has 0 unspecified atom stereocenters. The summed E-state index contributed by atoms with van der Waals surface area (Å²) in [5, 5.41) is 11.0. The van der Waals surface area contributed by atoms with Crippen molar-refractivity contribution >= 4 is 5.91 Å². The van der Waals surface area contributed by atoms with Crippen LogP contribution in [0.3, 0.4) is 0 Å². The number of carbonyl (C=O) groups is 1. The van der Waals surface area contributed by atoms with Crippen LogP contribution in [0.2, 0.25) is 0 Å². The third-order valence-electron chi connectivity index (χ3n) is 3.86. The zero-order chi connectivity index (χ0) is 18.2. The van der Waals surface area contributed by atoms with Gasteiger partial charge in [-0.1, -0.05) is 30.3 Å². The number of carbonyl (C=O) groups excluding carboxylic acids is 1. The molecular formula is C18H20N6O2. The lowest BCUT2D eigenvalue weighted by Gasteiger charge is -2.08. The standard InChI is InChI=1S/C18H20N6O2/c25-17(8-4-7-15-5-2-1-3-6-15)20-11-12-23-18(26)10-9-16(22-23)24-14-19-13-21-24/h1-3,5-6,9-10,13-14H,4,7-8,11-12H2,(H,20,25). The van der Waals surface area contributed by atoms with Crippen LogP contribution in [0.15, 0.2) is 59.9 Å². The summed E-state index contributed by atoms with van der Waals surface area (Å²) in [5.74, 6) is 0.470. The zero-order valence-corrected chi connectivity index (χ0v) is 14.3. The Morgan fingerprint density at radius 3 is 2.73 bits per heavy atom. The van der Waals surface area contributed by atoms with E-state index >= 15 is 0 Å². The summed E-state index contributed by atoms with van der Waals surface area (Å²) in [6.07, 6.45) is 5.01. The summed E-state index contributed by atoms with van der Waals surface area (Å²) in [6.45, 7) is 0.643. The van der Waals surface area contributed by atoms with Gasteiger partial charge < -0.3 is 5.32 Å². The van der Waals surface area contributed by atoms with Gasteiger partial charge in [0.15, 0.2) is 5.82 Å².